The second-order valence-corrected chi connectivity index (χ2v) is 7.34. The molecule has 0 unspecified atom stereocenters. The number of benzene rings is 4. The van der Waals surface area contributed by atoms with Gasteiger partial charge in [0.15, 0.2) is 0 Å². The van der Waals surface area contributed by atoms with Crippen LogP contribution in [0.1, 0.15) is 83.1 Å². The van der Waals surface area contributed by atoms with Gasteiger partial charge in [-0.3, -0.25) is 0 Å². The summed E-state index contributed by atoms with van der Waals surface area (Å²) in [7, 11) is 0. The minimum Gasteiger partial charge on any atom is -0.310 e. The average molecular weight is 532 g/mol. The highest BCUT2D eigenvalue weighted by molar-refractivity contribution is 7.26. The number of thiophene rings is 1. The van der Waals surface area contributed by atoms with Gasteiger partial charge in [-0.15, -0.1) is 11.3 Å². The fourth-order valence-corrected chi connectivity index (χ4v) is 4.65. The SMILES string of the molecule is CC.CC.CC.CC.CC.CC.c1ccc(N(c2ccccc2)c2cccc3sc4ccccc4c23)cc1. The molecule has 5 aromatic rings. The summed E-state index contributed by atoms with van der Waals surface area (Å²) in [4.78, 5) is 2.35. The van der Waals surface area contributed by atoms with Gasteiger partial charge in [0, 0.05) is 31.5 Å². The summed E-state index contributed by atoms with van der Waals surface area (Å²) in [5.41, 5.74) is 3.56. The molecule has 1 aromatic heterocycles. The molecule has 0 atom stereocenters. The molecule has 0 radical (unpaired) electrons. The monoisotopic (exact) mass is 531 g/mol. The lowest BCUT2D eigenvalue weighted by atomic mass is 10.1. The number of hydrogen-bond donors (Lipinski definition) is 0. The van der Waals surface area contributed by atoms with E-state index in [2.05, 4.69) is 108 Å². The summed E-state index contributed by atoms with van der Waals surface area (Å²) in [5, 5.41) is 2.64. The zero-order valence-electron chi connectivity index (χ0n) is 26.2. The maximum atomic E-state index is 2.35. The van der Waals surface area contributed by atoms with Crippen LogP contribution < -0.4 is 4.90 Å². The molecule has 0 aliphatic rings. The lowest BCUT2D eigenvalue weighted by Gasteiger charge is -2.26. The Bertz CT molecular complexity index is 1140. The first kappa shape index (κ1) is 37.1. The van der Waals surface area contributed by atoms with Crippen LogP contribution in [0.5, 0.6) is 0 Å². The minimum absolute atomic E-state index is 1.17. The fourth-order valence-electron chi connectivity index (χ4n) is 3.52. The van der Waals surface area contributed by atoms with E-state index in [4.69, 9.17) is 0 Å². The molecule has 0 fully saturated rings. The van der Waals surface area contributed by atoms with Gasteiger partial charge in [0.2, 0.25) is 0 Å². The predicted octanol–water partition coefficient (Wildman–Crippen LogP) is 13.7. The average Bonchev–Trinajstić information content (AvgIpc) is 3.44. The Morgan fingerprint density at radius 3 is 1.26 bits per heavy atom. The Hall–Kier alpha value is -3.10. The lowest BCUT2D eigenvalue weighted by Crippen LogP contribution is -2.09. The normalized spacial score (nSPS) is 8.53. The number of rotatable bonds is 3. The van der Waals surface area contributed by atoms with Gasteiger partial charge >= 0.3 is 0 Å². The third kappa shape index (κ3) is 9.99. The first-order valence-corrected chi connectivity index (χ1v) is 15.5. The van der Waals surface area contributed by atoms with Gasteiger partial charge in [-0.25, -0.2) is 0 Å². The van der Waals surface area contributed by atoms with Crippen molar-refractivity contribution in [2.24, 2.45) is 0 Å². The number of para-hydroxylation sites is 2. The number of fused-ring (bicyclic) bond motifs is 3. The summed E-state index contributed by atoms with van der Waals surface area (Å²) >= 11 is 1.86. The Kier molecular flexibility index (Phi) is 23.6. The first-order chi connectivity index (χ1) is 18.9. The second-order valence-electron chi connectivity index (χ2n) is 6.26. The minimum atomic E-state index is 1.17. The molecule has 1 heterocycles. The molecular weight excluding hydrogens is 478 g/mol. The topological polar surface area (TPSA) is 3.24 Å². The molecule has 0 saturated heterocycles. The van der Waals surface area contributed by atoms with Gasteiger partial charge in [0.25, 0.3) is 0 Å². The second kappa shape index (κ2) is 24.2. The molecule has 0 saturated carbocycles. The molecule has 0 N–H and O–H groups in total. The van der Waals surface area contributed by atoms with Crippen LogP contribution in [-0.4, -0.2) is 0 Å². The summed E-state index contributed by atoms with van der Waals surface area (Å²) in [6, 6.07) is 36.4. The van der Waals surface area contributed by atoms with Crippen molar-refractivity contribution in [1.82, 2.24) is 0 Å². The smallest absolute Gasteiger partial charge is 0.0554 e. The van der Waals surface area contributed by atoms with Crippen molar-refractivity contribution < 1.29 is 0 Å². The van der Waals surface area contributed by atoms with Crippen LogP contribution in [0, 0.1) is 0 Å². The van der Waals surface area contributed by atoms with Crippen molar-refractivity contribution in [3.8, 4) is 0 Å². The predicted molar refractivity (Wildman–Crippen MR) is 182 cm³/mol. The van der Waals surface area contributed by atoms with E-state index < -0.39 is 0 Å². The highest BCUT2D eigenvalue weighted by Crippen LogP contribution is 2.44. The Balaban J connectivity index is 0. The van der Waals surface area contributed by atoms with Crippen LogP contribution in [0.4, 0.5) is 17.1 Å². The van der Waals surface area contributed by atoms with Crippen molar-refractivity contribution in [1.29, 1.82) is 0 Å². The Labute approximate surface area is 239 Å². The molecule has 2 heteroatoms. The van der Waals surface area contributed by atoms with E-state index in [1.54, 1.807) is 0 Å². The standard InChI is InChI=1S/C24H17NS.6C2H6/c1-3-10-18(11-4-1)25(19-12-5-2-6-13-19)21-15-9-17-23-24(21)20-14-7-8-16-22(20)26-23;6*1-2/h1-17H;6*1-2H3. The van der Waals surface area contributed by atoms with Crippen LogP contribution >= 0.6 is 11.3 Å². The molecule has 0 spiro atoms. The lowest BCUT2D eigenvalue weighted by molar-refractivity contribution is 1.30. The van der Waals surface area contributed by atoms with E-state index in [0.29, 0.717) is 0 Å². The fraction of sp³-hybridized carbons (Fsp3) is 0.333. The van der Waals surface area contributed by atoms with Crippen LogP contribution in [0.15, 0.2) is 103 Å². The van der Waals surface area contributed by atoms with Gasteiger partial charge < -0.3 is 4.90 Å². The van der Waals surface area contributed by atoms with Gasteiger partial charge in [-0.2, -0.15) is 0 Å². The molecule has 0 amide bonds. The van der Waals surface area contributed by atoms with Crippen molar-refractivity contribution >= 4 is 48.6 Å². The van der Waals surface area contributed by atoms with E-state index >= 15 is 0 Å². The van der Waals surface area contributed by atoms with Crippen LogP contribution in [0.2, 0.25) is 0 Å². The summed E-state index contributed by atoms with van der Waals surface area (Å²) in [6.45, 7) is 24.0. The first-order valence-electron chi connectivity index (χ1n) is 14.7. The molecule has 0 bridgehead atoms. The highest BCUT2D eigenvalue weighted by atomic mass is 32.1. The Morgan fingerprint density at radius 1 is 0.395 bits per heavy atom. The van der Waals surface area contributed by atoms with Crippen molar-refractivity contribution in [3.63, 3.8) is 0 Å². The number of hydrogen-bond acceptors (Lipinski definition) is 2. The third-order valence-electron chi connectivity index (χ3n) is 4.65. The van der Waals surface area contributed by atoms with E-state index in [-0.39, 0.29) is 0 Å². The number of anilines is 3. The van der Waals surface area contributed by atoms with Gasteiger partial charge in [-0.1, -0.05) is 144 Å². The van der Waals surface area contributed by atoms with Crippen molar-refractivity contribution in [2.45, 2.75) is 83.1 Å². The summed E-state index contributed by atoms with van der Waals surface area (Å²) in [5.74, 6) is 0. The zero-order valence-corrected chi connectivity index (χ0v) is 27.0. The number of nitrogens with zero attached hydrogens (tertiary/aromatic N) is 1. The molecular formula is C36H53NS. The molecule has 38 heavy (non-hydrogen) atoms. The summed E-state index contributed by atoms with van der Waals surface area (Å²) in [6.07, 6.45) is 0. The third-order valence-corrected chi connectivity index (χ3v) is 5.79. The van der Waals surface area contributed by atoms with Crippen molar-refractivity contribution in [2.75, 3.05) is 4.90 Å². The van der Waals surface area contributed by atoms with Crippen LogP contribution in [-0.2, 0) is 0 Å². The van der Waals surface area contributed by atoms with Crippen molar-refractivity contribution in [3.05, 3.63) is 103 Å². The van der Waals surface area contributed by atoms with E-state index in [1.165, 1.54) is 37.2 Å². The highest BCUT2D eigenvalue weighted by Gasteiger charge is 2.17. The zero-order chi connectivity index (χ0) is 29.3. The van der Waals surface area contributed by atoms with Gasteiger partial charge in [0.05, 0.1) is 5.69 Å². The molecule has 0 aliphatic heterocycles. The van der Waals surface area contributed by atoms with Crippen LogP contribution in [0.25, 0.3) is 20.2 Å². The van der Waals surface area contributed by atoms with Gasteiger partial charge in [-0.05, 0) is 42.5 Å². The summed E-state index contributed by atoms with van der Waals surface area (Å²) < 4.78 is 2.65. The van der Waals surface area contributed by atoms with E-state index in [1.807, 2.05) is 94.4 Å². The van der Waals surface area contributed by atoms with E-state index in [0.717, 1.165) is 0 Å². The molecule has 1 nitrogen and oxygen atoms in total. The maximum Gasteiger partial charge on any atom is 0.0554 e. The van der Waals surface area contributed by atoms with Gasteiger partial charge in [0.1, 0.15) is 0 Å². The molecule has 5 rings (SSSR count). The molecule has 0 aliphatic carbocycles. The quantitative estimate of drug-likeness (QED) is 0.224. The van der Waals surface area contributed by atoms with Crippen LogP contribution in [0.3, 0.4) is 0 Å². The molecule has 4 aromatic carbocycles. The largest absolute Gasteiger partial charge is 0.310 e. The molecule has 208 valence electrons. The Morgan fingerprint density at radius 2 is 0.789 bits per heavy atom. The maximum absolute atomic E-state index is 2.35. The van der Waals surface area contributed by atoms with E-state index in [9.17, 15) is 0 Å².